The Morgan fingerprint density at radius 1 is 1.64 bits per heavy atom. The molecule has 1 saturated heterocycles. The van der Waals surface area contributed by atoms with Crippen molar-refractivity contribution in [3.8, 4) is 0 Å². The van der Waals surface area contributed by atoms with E-state index in [1.165, 1.54) is 6.42 Å². The predicted molar refractivity (Wildman–Crippen MR) is 42.5 cm³/mol. The van der Waals surface area contributed by atoms with Crippen molar-refractivity contribution in [3.63, 3.8) is 0 Å². The van der Waals surface area contributed by atoms with Crippen LogP contribution < -0.4 is 0 Å². The van der Waals surface area contributed by atoms with Gasteiger partial charge in [-0.15, -0.1) is 0 Å². The van der Waals surface area contributed by atoms with Gasteiger partial charge in [0, 0.05) is 12.5 Å². The highest BCUT2D eigenvalue weighted by molar-refractivity contribution is 5.66. The number of carboxylic acids is 1. The number of aliphatic carboxylic acids is 1. The third-order valence-electron chi connectivity index (χ3n) is 2.29. The van der Waals surface area contributed by atoms with Gasteiger partial charge in [-0.1, -0.05) is 0 Å². The van der Waals surface area contributed by atoms with Crippen molar-refractivity contribution < 1.29 is 9.90 Å². The maximum absolute atomic E-state index is 10.2. The molecule has 0 aliphatic carbocycles. The summed E-state index contributed by atoms with van der Waals surface area (Å²) < 4.78 is 0. The number of nitrogens with zero attached hydrogens (tertiary/aromatic N) is 1. The van der Waals surface area contributed by atoms with Crippen molar-refractivity contribution >= 4 is 5.97 Å². The summed E-state index contributed by atoms with van der Waals surface area (Å²) in [6.07, 6.45) is 2.37. The van der Waals surface area contributed by atoms with Crippen LogP contribution >= 0.6 is 0 Å². The van der Waals surface area contributed by atoms with Crippen molar-refractivity contribution in [2.45, 2.75) is 32.2 Å². The summed E-state index contributed by atoms with van der Waals surface area (Å²) in [5.41, 5.74) is 0. The summed E-state index contributed by atoms with van der Waals surface area (Å²) in [6, 6.07) is 0.458. The monoisotopic (exact) mass is 157 g/mol. The summed E-state index contributed by atoms with van der Waals surface area (Å²) in [7, 11) is 0. The Hall–Kier alpha value is -0.570. The van der Waals surface area contributed by atoms with Crippen LogP contribution in [0.3, 0.4) is 0 Å². The molecule has 3 nitrogen and oxygen atoms in total. The maximum atomic E-state index is 10.2. The molecule has 0 aromatic heterocycles. The van der Waals surface area contributed by atoms with E-state index in [0.717, 1.165) is 19.5 Å². The summed E-state index contributed by atoms with van der Waals surface area (Å²) in [4.78, 5) is 12.5. The Kier molecular flexibility index (Phi) is 2.88. The molecule has 1 aliphatic rings. The molecule has 1 fully saturated rings. The second-order valence-electron chi connectivity index (χ2n) is 3.17. The van der Waals surface area contributed by atoms with Crippen LogP contribution in [-0.4, -0.2) is 35.1 Å². The van der Waals surface area contributed by atoms with Crippen molar-refractivity contribution in [1.29, 1.82) is 0 Å². The minimum Gasteiger partial charge on any atom is -0.481 e. The molecule has 1 unspecified atom stereocenters. The zero-order valence-corrected chi connectivity index (χ0v) is 6.92. The van der Waals surface area contributed by atoms with Gasteiger partial charge in [0.2, 0.25) is 0 Å². The number of hydrogen-bond donors (Lipinski definition) is 1. The van der Waals surface area contributed by atoms with Crippen molar-refractivity contribution in [1.82, 2.24) is 4.90 Å². The Bertz CT molecular complexity index is 143. The van der Waals surface area contributed by atoms with Crippen LogP contribution in [0.5, 0.6) is 0 Å². The highest BCUT2D eigenvalue weighted by Gasteiger charge is 2.20. The van der Waals surface area contributed by atoms with E-state index in [1.54, 1.807) is 0 Å². The molecule has 1 N–H and O–H groups in total. The minimum absolute atomic E-state index is 0.303. The lowest BCUT2D eigenvalue weighted by Crippen LogP contribution is -2.43. The molecule has 1 rings (SSSR count). The fourth-order valence-corrected chi connectivity index (χ4v) is 1.30. The molecule has 1 atom stereocenters. The Balaban J connectivity index is 2.09. The third-order valence-corrected chi connectivity index (χ3v) is 2.29. The van der Waals surface area contributed by atoms with Gasteiger partial charge in [-0.25, -0.2) is 0 Å². The summed E-state index contributed by atoms with van der Waals surface area (Å²) >= 11 is 0. The quantitative estimate of drug-likeness (QED) is 0.660. The van der Waals surface area contributed by atoms with Gasteiger partial charge < -0.3 is 10.0 Å². The van der Waals surface area contributed by atoms with Crippen LogP contribution in [0.4, 0.5) is 0 Å². The lowest BCUT2D eigenvalue weighted by atomic mass is 10.1. The van der Waals surface area contributed by atoms with Gasteiger partial charge in [-0.05, 0) is 32.9 Å². The van der Waals surface area contributed by atoms with E-state index in [1.807, 2.05) is 0 Å². The molecule has 0 aromatic carbocycles. The summed E-state index contributed by atoms with van der Waals surface area (Å²) in [5, 5.41) is 8.42. The van der Waals surface area contributed by atoms with E-state index < -0.39 is 5.97 Å². The number of carbonyl (C=O) groups is 1. The first-order chi connectivity index (χ1) is 5.20. The fraction of sp³-hybridized carbons (Fsp3) is 0.875. The van der Waals surface area contributed by atoms with Gasteiger partial charge in [0.1, 0.15) is 0 Å². The molecule has 0 bridgehead atoms. The molecule has 1 aliphatic heterocycles. The number of hydrogen-bond acceptors (Lipinski definition) is 2. The second-order valence-corrected chi connectivity index (χ2v) is 3.17. The Morgan fingerprint density at radius 2 is 2.27 bits per heavy atom. The summed E-state index contributed by atoms with van der Waals surface area (Å²) in [6.45, 7) is 4.41. The van der Waals surface area contributed by atoms with E-state index in [-0.39, 0.29) is 0 Å². The lowest BCUT2D eigenvalue weighted by Gasteiger charge is -2.36. The molecule has 1 heterocycles. The molecule has 64 valence electrons. The molecule has 0 aromatic rings. The first kappa shape index (κ1) is 8.53. The lowest BCUT2D eigenvalue weighted by molar-refractivity contribution is -0.137. The van der Waals surface area contributed by atoms with E-state index >= 15 is 0 Å². The molecule has 3 heteroatoms. The zero-order chi connectivity index (χ0) is 8.27. The normalized spacial score (nSPS) is 20.8. The van der Waals surface area contributed by atoms with Gasteiger partial charge in [0.15, 0.2) is 0 Å². The average molecular weight is 157 g/mol. The van der Waals surface area contributed by atoms with E-state index in [2.05, 4.69) is 11.8 Å². The largest absolute Gasteiger partial charge is 0.481 e. The SMILES string of the molecule is CC(CCC(=O)O)N1CCC1. The van der Waals surface area contributed by atoms with Crippen molar-refractivity contribution in [2.75, 3.05) is 13.1 Å². The van der Waals surface area contributed by atoms with Gasteiger partial charge in [0.25, 0.3) is 0 Å². The van der Waals surface area contributed by atoms with Crippen LogP contribution in [0.2, 0.25) is 0 Å². The van der Waals surface area contributed by atoms with E-state index in [4.69, 9.17) is 5.11 Å². The Labute approximate surface area is 67.0 Å². The van der Waals surface area contributed by atoms with Crippen LogP contribution in [0.1, 0.15) is 26.2 Å². The van der Waals surface area contributed by atoms with Crippen LogP contribution in [-0.2, 0) is 4.79 Å². The highest BCUT2D eigenvalue weighted by Crippen LogP contribution is 2.14. The number of likely N-dealkylation sites (tertiary alicyclic amines) is 1. The zero-order valence-electron chi connectivity index (χ0n) is 6.92. The molecule has 0 amide bonds. The molecule has 0 radical (unpaired) electrons. The van der Waals surface area contributed by atoms with E-state index in [0.29, 0.717) is 12.5 Å². The second kappa shape index (κ2) is 3.72. The van der Waals surface area contributed by atoms with Gasteiger partial charge in [-0.3, -0.25) is 4.79 Å². The molecule has 11 heavy (non-hydrogen) atoms. The van der Waals surface area contributed by atoms with Crippen LogP contribution in [0, 0.1) is 0 Å². The topological polar surface area (TPSA) is 40.5 Å². The molecular formula is C8H15NO2. The Morgan fingerprint density at radius 3 is 2.64 bits per heavy atom. The fourth-order valence-electron chi connectivity index (χ4n) is 1.30. The molecule has 0 spiro atoms. The van der Waals surface area contributed by atoms with Crippen molar-refractivity contribution in [2.24, 2.45) is 0 Å². The highest BCUT2D eigenvalue weighted by atomic mass is 16.4. The van der Waals surface area contributed by atoms with Gasteiger partial charge in [0.05, 0.1) is 0 Å². The molecular weight excluding hydrogens is 142 g/mol. The van der Waals surface area contributed by atoms with Gasteiger partial charge in [-0.2, -0.15) is 0 Å². The number of carboxylic acid groups (broad SMARTS) is 1. The molecule has 0 saturated carbocycles. The standard InChI is InChI=1S/C8H15NO2/c1-7(3-4-8(10)11)9-5-2-6-9/h7H,2-6H2,1H3,(H,10,11). The van der Waals surface area contributed by atoms with Crippen LogP contribution in [0.15, 0.2) is 0 Å². The first-order valence-electron chi connectivity index (χ1n) is 4.16. The minimum atomic E-state index is -0.683. The first-order valence-corrected chi connectivity index (χ1v) is 4.16. The van der Waals surface area contributed by atoms with Gasteiger partial charge >= 0.3 is 5.97 Å². The van der Waals surface area contributed by atoms with E-state index in [9.17, 15) is 4.79 Å². The predicted octanol–water partition coefficient (Wildman–Crippen LogP) is 0.945. The average Bonchev–Trinajstić information content (AvgIpc) is 1.79. The van der Waals surface area contributed by atoms with Crippen LogP contribution in [0.25, 0.3) is 0 Å². The summed E-state index contributed by atoms with van der Waals surface area (Å²) in [5.74, 6) is -0.683. The van der Waals surface area contributed by atoms with Crippen molar-refractivity contribution in [3.05, 3.63) is 0 Å². The third kappa shape index (κ3) is 2.50. The number of rotatable bonds is 4. The smallest absolute Gasteiger partial charge is 0.303 e. The maximum Gasteiger partial charge on any atom is 0.303 e.